The van der Waals surface area contributed by atoms with Crippen molar-refractivity contribution in [1.82, 2.24) is 29.7 Å². The second kappa shape index (κ2) is 7.67. The van der Waals surface area contributed by atoms with Crippen LogP contribution in [0.3, 0.4) is 0 Å². The zero-order valence-electron chi connectivity index (χ0n) is 18.7. The fraction of sp³-hybridized carbons (Fsp3) is 0.435. The van der Waals surface area contributed by atoms with Gasteiger partial charge in [-0.25, -0.2) is 9.67 Å². The molecule has 3 aromatic heterocycles. The van der Waals surface area contributed by atoms with Crippen molar-refractivity contribution < 1.29 is 0 Å². The number of hydrogen-bond donors (Lipinski definition) is 1. The highest BCUT2D eigenvalue weighted by molar-refractivity contribution is 6.77. The third kappa shape index (κ3) is 3.92. The number of anilines is 2. The molecule has 7 nitrogen and oxygen atoms in total. The molecular weight excluding hydrogens is 402 g/mol. The SMILES string of the molecule is Cc1cc2nccnc2cc1Nc1ncc2c(C)nn(C3CCC[Si](C)(C)CC3)c2n1. The summed E-state index contributed by atoms with van der Waals surface area (Å²) in [5, 5.41) is 9.32. The Morgan fingerprint density at radius 3 is 2.58 bits per heavy atom. The van der Waals surface area contributed by atoms with E-state index in [1.54, 1.807) is 12.4 Å². The summed E-state index contributed by atoms with van der Waals surface area (Å²) in [6, 6.07) is 7.23. The van der Waals surface area contributed by atoms with Crippen molar-refractivity contribution >= 4 is 41.8 Å². The van der Waals surface area contributed by atoms with Gasteiger partial charge in [-0.05, 0) is 44.4 Å². The molecule has 1 fully saturated rings. The van der Waals surface area contributed by atoms with Gasteiger partial charge < -0.3 is 5.32 Å². The molecule has 0 saturated carbocycles. The van der Waals surface area contributed by atoms with E-state index < -0.39 is 8.07 Å². The van der Waals surface area contributed by atoms with Gasteiger partial charge >= 0.3 is 0 Å². The Hall–Kier alpha value is -2.87. The van der Waals surface area contributed by atoms with E-state index in [0.29, 0.717) is 12.0 Å². The van der Waals surface area contributed by atoms with Crippen LogP contribution in [0.15, 0.2) is 30.7 Å². The van der Waals surface area contributed by atoms with Crippen molar-refractivity contribution in [3.63, 3.8) is 0 Å². The van der Waals surface area contributed by atoms with E-state index in [1.807, 2.05) is 18.3 Å². The zero-order chi connectivity index (χ0) is 21.6. The van der Waals surface area contributed by atoms with Gasteiger partial charge in [0, 0.05) is 32.4 Å². The van der Waals surface area contributed by atoms with Gasteiger partial charge in [0.25, 0.3) is 0 Å². The highest BCUT2D eigenvalue weighted by Crippen LogP contribution is 2.35. The van der Waals surface area contributed by atoms with Gasteiger partial charge in [-0.1, -0.05) is 31.6 Å². The Balaban J connectivity index is 1.50. The van der Waals surface area contributed by atoms with E-state index in [-0.39, 0.29) is 0 Å². The normalized spacial score (nSPS) is 18.9. The molecule has 8 heteroatoms. The first-order valence-electron chi connectivity index (χ1n) is 11.1. The molecule has 1 N–H and O–H groups in total. The monoisotopic (exact) mass is 431 g/mol. The van der Waals surface area contributed by atoms with Gasteiger partial charge in [0.2, 0.25) is 5.95 Å². The van der Waals surface area contributed by atoms with Crippen LogP contribution in [0.4, 0.5) is 11.6 Å². The number of nitrogens with one attached hydrogen (secondary N) is 1. The summed E-state index contributed by atoms with van der Waals surface area (Å²) in [4.78, 5) is 18.3. The Morgan fingerprint density at radius 2 is 1.77 bits per heavy atom. The topological polar surface area (TPSA) is 81.4 Å². The molecule has 0 bridgehead atoms. The van der Waals surface area contributed by atoms with Gasteiger partial charge in [0.05, 0.1) is 28.2 Å². The maximum atomic E-state index is 4.91. The first kappa shape index (κ1) is 20.1. The molecule has 1 aliphatic rings. The predicted molar refractivity (Wildman–Crippen MR) is 128 cm³/mol. The molecule has 1 saturated heterocycles. The van der Waals surface area contributed by atoms with Crippen LogP contribution in [0, 0.1) is 13.8 Å². The first-order valence-corrected chi connectivity index (χ1v) is 14.5. The summed E-state index contributed by atoms with van der Waals surface area (Å²) in [5.41, 5.74) is 5.69. The van der Waals surface area contributed by atoms with Gasteiger partial charge in [-0.3, -0.25) is 9.97 Å². The Labute approximate surface area is 183 Å². The van der Waals surface area contributed by atoms with Crippen LogP contribution in [0.1, 0.15) is 36.6 Å². The van der Waals surface area contributed by atoms with E-state index in [2.05, 4.69) is 51.9 Å². The molecule has 4 aromatic rings. The van der Waals surface area contributed by atoms with Crippen LogP contribution in [0.5, 0.6) is 0 Å². The van der Waals surface area contributed by atoms with Gasteiger partial charge in [0.1, 0.15) is 0 Å². The highest BCUT2D eigenvalue weighted by Gasteiger charge is 2.28. The fourth-order valence-electron chi connectivity index (χ4n) is 4.64. The minimum Gasteiger partial charge on any atom is -0.324 e. The molecule has 5 rings (SSSR count). The minimum absolute atomic E-state index is 0.422. The lowest BCUT2D eigenvalue weighted by molar-refractivity contribution is 0.423. The molecule has 0 aliphatic carbocycles. The number of fused-ring (bicyclic) bond motifs is 2. The standard InChI is InChI=1S/C23H29N7Si/c1-15-12-20-21(25-9-8-24-20)13-19(15)27-23-26-14-18-16(2)29-30(22(18)28-23)17-6-5-10-31(3,4)11-7-17/h8-9,12-14,17H,5-7,10-11H2,1-4H3,(H,26,27,28). The maximum Gasteiger partial charge on any atom is 0.229 e. The minimum atomic E-state index is -1.06. The van der Waals surface area contributed by atoms with Crippen LogP contribution in [-0.4, -0.2) is 37.8 Å². The number of aromatic nitrogens is 6. The molecule has 1 aromatic carbocycles. The van der Waals surface area contributed by atoms with E-state index >= 15 is 0 Å². The third-order valence-electron chi connectivity index (χ3n) is 6.59. The molecule has 0 spiro atoms. The molecular formula is C23H29N7Si. The molecule has 31 heavy (non-hydrogen) atoms. The van der Waals surface area contributed by atoms with E-state index in [4.69, 9.17) is 10.1 Å². The second-order valence-electron chi connectivity index (χ2n) is 9.55. The molecule has 0 radical (unpaired) electrons. The Morgan fingerprint density at radius 1 is 1.00 bits per heavy atom. The van der Waals surface area contributed by atoms with Crippen LogP contribution in [-0.2, 0) is 0 Å². The average molecular weight is 432 g/mol. The lowest BCUT2D eigenvalue weighted by Gasteiger charge is -2.19. The van der Waals surface area contributed by atoms with Crippen LogP contribution in [0.25, 0.3) is 22.1 Å². The number of benzene rings is 1. The van der Waals surface area contributed by atoms with Gasteiger partial charge in [-0.15, -0.1) is 0 Å². The smallest absolute Gasteiger partial charge is 0.229 e. The molecule has 160 valence electrons. The third-order valence-corrected chi connectivity index (χ3v) is 9.94. The van der Waals surface area contributed by atoms with Crippen LogP contribution >= 0.6 is 0 Å². The predicted octanol–water partition coefficient (Wildman–Crippen LogP) is 5.56. The largest absolute Gasteiger partial charge is 0.324 e. The van der Waals surface area contributed by atoms with Gasteiger partial charge in [-0.2, -0.15) is 10.1 Å². The van der Waals surface area contributed by atoms with Gasteiger partial charge in [0.15, 0.2) is 5.65 Å². The zero-order valence-corrected chi connectivity index (χ0v) is 19.7. The highest BCUT2D eigenvalue weighted by atomic mass is 28.3. The molecule has 1 aliphatic heterocycles. The maximum absolute atomic E-state index is 4.91. The van der Waals surface area contributed by atoms with Crippen LogP contribution in [0.2, 0.25) is 25.2 Å². The Bertz CT molecular complexity index is 1260. The van der Waals surface area contributed by atoms with Crippen molar-refractivity contribution in [2.45, 2.75) is 64.3 Å². The van der Waals surface area contributed by atoms with Crippen molar-refractivity contribution in [3.05, 3.63) is 42.0 Å². The number of rotatable bonds is 3. The molecule has 4 heterocycles. The average Bonchev–Trinajstić information content (AvgIpc) is 2.95. The summed E-state index contributed by atoms with van der Waals surface area (Å²) in [5.74, 6) is 0.586. The fourth-order valence-corrected chi connectivity index (χ4v) is 7.16. The molecule has 1 unspecified atom stereocenters. The number of nitrogens with zero attached hydrogens (tertiary/aromatic N) is 6. The Kier molecular flexibility index (Phi) is 4.96. The van der Waals surface area contributed by atoms with Crippen molar-refractivity contribution in [2.24, 2.45) is 0 Å². The van der Waals surface area contributed by atoms with Crippen molar-refractivity contribution in [2.75, 3.05) is 5.32 Å². The lowest BCUT2D eigenvalue weighted by Crippen LogP contribution is -2.23. The second-order valence-corrected chi connectivity index (χ2v) is 14.9. The first-order chi connectivity index (χ1) is 14.9. The summed E-state index contributed by atoms with van der Waals surface area (Å²) in [6.07, 6.45) is 8.99. The van der Waals surface area contributed by atoms with E-state index in [1.165, 1.54) is 31.4 Å². The van der Waals surface area contributed by atoms with Crippen LogP contribution < -0.4 is 5.32 Å². The summed E-state index contributed by atoms with van der Waals surface area (Å²) < 4.78 is 2.17. The van der Waals surface area contributed by atoms with E-state index in [0.717, 1.165) is 39.0 Å². The number of hydrogen-bond acceptors (Lipinski definition) is 6. The summed E-state index contributed by atoms with van der Waals surface area (Å²) >= 11 is 0. The van der Waals surface area contributed by atoms with Crippen molar-refractivity contribution in [3.8, 4) is 0 Å². The van der Waals surface area contributed by atoms with Crippen molar-refractivity contribution in [1.29, 1.82) is 0 Å². The lowest BCUT2D eigenvalue weighted by atomic mass is 10.1. The molecule has 0 amide bonds. The molecule has 1 atom stereocenters. The summed E-state index contributed by atoms with van der Waals surface area (Å²) in [7, 11) is -1.06. The summed E-state index contributed by atoms with van der Waals surface area (Å²) in [6.45, 7) is 9.14. The quantitative estimate of drug-likeness (QED) is 0.428. The van der Waals surface area contributed by atoms with E-state index in [9.17, 15) is 0 Å². The number of aryl methyl sites for hydroxylation is 2.